The molecule has 204 valence electrons. The van der Waals surface area contributed by atoms with Gasteiger partial charge in [-0.05, 0) is 47.9 Å². The average Bonchev–Trinajstić information content (AvgIpc) is 3.34. The molecule has 9 nitrogen and oxygen atoms in total. The Labute approximate surface area is 226 Å². The second-order valence-corrected chi connectivity index (χ2v) is 11.2. The molecule has 39 heavy (non-hydrogen) atoms. The van der Waals surface area contributed by atoms with E-state index in [0.29, 0.717) is 25.3 Å². The first-order valence-electron chi connectivity index (χ1n) is 12.6. The molecule has 3 aromatic carbocycles. The van der Waals surface area contributed by atoms with Gasteiger partial charge in [-0.2, -0.15) is 0 Å². The average molecular weight is 554 g/mol. The molecule has 0 radical (unpaired) electrons. The van der Waals surface area contributed by atoms with Crippen molar-refractivity contribution >= 4 is 27.5 Å². The number of hydrogen-bond donors (Lipinski definition) is 1. The van der Waals surface area contributed by atoms with Gasteiger partial charge in [0.15, 0.2) is 11.5 Å². The number of rotatable bonds is 9. The van der Waals surface area contributed by atoms with Crippen LogP contribution in [0.15, 0.2) is 71.6 Å². The summed E-state index contributed by atoms with van der Waals surface area (Å²) < 4.78 is 53.2. The van der Waals surface area contributed by atoms with E-state index in [1.165, 1.54) is 36.4 Å². The number of carbonyl (C=O) groups is 2. The standard InChI is InChI=1S/C28H28FN3O6S/c29-22-3-1-4-23(15-22)32(39(35,36)24-10-11-25-26(16-24)38-14-13-37-25)19-27(33)30-17-20-6-8-21(9-7-20)18-31-12-2-5-28(31)34/h1,3-4,6-11,15-16H,2,5,12-14,17-19H2,(H,30,33). The van der Waals surface area contributed by atoms with Gasteiger partial charge in [0.05, 0.1) is 10.6 Å². The number of nitrogens with one attached hydrogen (secondary N) is 1. The molecular formula is C28H28FN3O6S. The summed E-state index contributed by atoms with van der Waals surface area (Å²) in [4.78, 5) is 26.5. The molecule has 0 aromatic heterocycles. The van der Waals surface area contributed by atoms with Crippen molar-refractivity contribution in [3.8, 4) is 11.5 Å². The molecule has 11 heteroatoms. The lowest BCUT2D eigenvalue weighted by Crippen LogP contribution is -2.40. The summed E-state index contributed by atoms with van der Waals surface area (Å²) in [5.74, 6) is -0.338. The number of halogens is 1. The van der Waals surface area contributed by atoms with Crippen molar-refractivity contribution in [2.24, 2.45) is 0 Å². The molecule has 0 saturated carbocycles. The Morgan fingerprint density at radius 1 is 0.974 bits per heavy atom. The third-order valence-electron chi connectivity index (χ3n) is 6.54. The largest absolute Gasteiger partial charge is 0.486 e. The third kappa shape index (κ3) is 6.14. The van der Waals surface area contributed by atoms with Crippen molar-refractivity contribution in [3.63, 3.8) is 0 Å². The van der Waals surface area contributed by atoms with E-state index in [0.717, 1.165) is 34.5 Å². The highest BCUT2D eigenvalue weighted by atomic mass is 32.2. The van der Waals surface area contributed by atoms with E-state index in [1.54, 1.807) is 0 Å². The van der Waals surface area contributed by atoms with Gasteiger partial charge >= 0.3 is 0 Å². The number of benzene rings is 3. The zero-order valence-electron chi connectivity index (χ0n) is 21.1. The third-order valence-corrected chi connectivity index (χ3v) is 8.31. The number of amides is 2. The first kappa shape index (κ1) is 26.5. The number of anilines is 1. The van der Waals surface area contributed by atoms with Gasteiger partial charge in [0.2, 0.25) is 11.8 Å². The van der Waals surface area contributed by atoms with Gasteiger partial charge in [-0.1, -0.05) is 30.3 Å². The van der Waals surface area contributed by atoms with Gasteiger partial charge in [-0.25, -0.2) is 12.8 Å². The number of ether oxygens (including phenoxy) is 2. The summed E-state index contributed by atoms with van der Waals surface area (Å²) in [6.07, 6.45) is 1.46. The first-order valence-corrected chi connectivity index (χ1v) is 14.0. The van der Waals surface area contributed by atoms with Gasteiger partial charge in [0.25, 0.3) is 10.0 Å². The maximum absolute atomic E-state index is 14.1. The molecule has 5 rings (SSSR count). The summed E-state index contributed by atoms with van der Waals surface area (Å²) in [5.41, 5.74) is 1.82. The molecule has 1 N–H and O–H groups in total. The Morgan fingerprint density at radius 2 is 1.72 bits per heavy atom. The second kappa shape index (κ2) is 11.3. The maximum Gasteiger partial charge on any atom is 0.264 e. The summed E-state index contributed by atoms with van der Waals surface area (Å²) in [6, 6.07) is 16.8. The van der Waals surface area contributed by atoms with Crippen LogP contribution in [0, 0.1) is 5.82 Å². The van der Waals surface area contributed by atoms with Crippen LogP contribution in [-0.4, -0.2) is 51.4 Å². The van der Waals surface area contributed by atoms with Crippen LogP contribution in [0.3, 0.4) is 0 Å². The van der Waals surface area contributed by atoms with Crippen LogP contribution >= 0.6 is 0 Å². The Hall–Kier alpha value is -4.12. The Balaban J connectivity index is 1.29. The van der Waals surface area contributed by atoms with E-state index in [-0.39, 0.29) is 35.4 Å². The Kier molecular flexibility index (Phi) is 7.69. The zero-order chi connectivity index (χ0) is 27.4. The van der Waals surface area contributed by atoms with Gasteiger partial charge in [0, 0.05) is 32.1 Å². The molecule has 0 atom stereocenters. The maximum atomic E-state index is 14.1. The van der Waals surface area contributed by atoms with Crippen LogP contribution < -0.4 is 19.1 Å². The Morgan fingerprint density at radius 3 is 2.44 bits per heavy atom. The van der Waals surface area contributed by atoms with Gasteiger partial charge in [-0.3, -0.25) is 13.9 Å². The Bertz CT molecular complexity index is 1480. The molecule has 0 aliphatic carbocycles. The number of fused-ring (bicyclic) bond motifs is 1. The van der Waals surface area contributed by atoms with E-state index in [2.05, 4.69) is 5.32 Å². The molecule has 1 saturated heterocycles. The monoisotopic (exact) mass is 553 g/mol. The number of nitrogens with zero attached hydrogens (tertiary/aromatic N) is 2. The molecule has 2 aliphatic rings. The minimum absolute atomic E-state index is 0.0147. The highest BCUT2D eigenvalue weighted by molar-refractivity contribution is 7.92. The number of carbonyl (C=O) groups excluding carboxylic acids is 2. The van der Waals surface area contributed by atoms with E-state index in [9.17, 15) is 22.4 Å². The molecule has 2 heterocycles. The number of likely N-dealkylation sites (tertiary alicyclic amines) is 1. The van der Waals surface area contributed by atoms with Crippen LogP contribution in [0.4, 0.5) is 10.1 Å². The minimum atomic E-state index is -4.27. The highest BCUT2D eigenvalue weighted by Gasteiger charge is 2.29. The van der Waals surface area contributed by atoms with Crippen LogP contribution in [0.2, 0.25) is 0 Å². The SMILES string of the molecule is O=C(CN(c1cccc(F)c1)S(=O)(=O)c1ccc2c(c1)OCCO2)NCc1ccc(CN2CCCC2=O)cc1. The van der Waals surface area contributed by atoms with Gasteiger partial charge < -0.3 is 19.7 Å². The van der Waals surface area contributed by atoms with Crippen molar-refractivity contribution in [2.75, 3.05) is 30.6 Å². The van der Waals surface area contributed by atoms with Crippen molar-refractivity contribution in [2.45, 2.75) is 30.8 Å². The molecule has 0 bridgehead atoms. The van der Waals surface area contributed by atoms with Crippen molar-refractivity contribution < 1.29 is 31.9 Å². The molecule has 0 unspecified atom stereocenters. The van der Waals surface area contributed by atoms with Gasteiger partial charge in [-0.15, -0.1) is 0 Å². The lowest BCUT2D eigenvalue weighted by molar-refractivity contribution is -0.128. The zero-order valence-corrected chi connectivity index (χ0v) is 22.0. The predicted molar refractivity (Wildman–Crippen MR) is 141 cm³/mol. The van der Waals surface area contributed by atoms with Crippen molar-refractivity contribution in [1.82, 2.24) is 10.2 Å². The van der Waals surface area contributed by atoms with Crippen molar-refractivity contribution in [3.05, 3.63) is 83.7 Å². The summed E-state index contributed by atoms with van der Waals surface area (Å²) in [5, 5.41) is 2.74. The minimum Gasteiger partial charge on any atom is -0.486 e. The number of hydrogen-bond acceptors (Lipinski definition) is 6. The van der Waals surface area contributed by atoms with Crippen LogP contribution in [0.1, 0.15) is 24.0 Å². The van der Waals surface area contributed by atoms with Gasteiger partial charge in [0.1, 0.15) is 25.6 Å². The fourth-order valence-corrected chi connectivity index (χ4v) is 5.93. The van der Waals surface area contributed by atoms with E-state index < -0.39 is 28.3 Å². The molecule has 1 fully saturated rings. The summed E-state index contributed by atoms with van der Waals surface area (Å²) in [6.45, 7) is 1.55. The lowest BCUT2D eigenvalue weighted by atomic mass is 10.1. The molecular weight excluding hydrogens is 525 g/mol. The quantitative estimate of drug-likeness (QED) is 0.436. The van der Waals surface area contributed by atoms with E-state index in [1.807, 2.05) is 29.2 Å². The van der Waals surface area contributed by atoms with Crippen LogP contribution in [-0.2, 0) is 32.7 Å². The number of sulfonamides is 1. The molecule has 2 aliphatic heterocycles. The van der Waals surface area contributed by atoms with E-state index in [4.69, 9.17) is 9.47 Å². The predicted octanol–water partition coefficient (Wildman–Crippen LogP) is 3.23. The van der Waals surface area contributed by atoms with E-state index >= 15 is 0 Å². The molecule has 0 spiro atoms. The lowest BCUT2D eigenvalue weighted by Gasteiger charge is -2.25. The first-order chi connectivity index (χ1) is 18.8. The van der Waals surface area contributed by atoms with Crippen LogP contribution in [0.5, 0.6) is 11.5 Å². The summed E-state index contributed by atoms with van der Waals surface area (Å²) >= 11 is 0. The van der Waals surface area contributed by atoms with Crippen LogP contribution in [0.25, 0.3) is 0 Å². The van der Waals surface area contributed by atoms with Crippen molar-refractivity contribution in [1.29, 1.82) is 0 Å². The highest BCUT2D eigenvalue weighted by Crippen LogP contribution is 2.34. The fraction of sp³-hybridized carbons (Fsp3) is 0.286. The normalized spacial score (nSPS) is 14.8. The fourth-order valence-electron chi connectivity index (χ4n) is 4.50. The summed E-state index contributed by atoms with van der Waals surface area (Å²) in [7, 11) is -4.27. The molecule has 3 aromatic rings. The molecule has 2 amide bonds. The second-order valence-electron chi connectivity index (χ2n) is 9.31. The topological polar surface area (TPSA) is 105 Å². The smallest absolute Gasteiger partial charge is 0.264 e.